The van der Waals surface area contributed by atoms with Gasteiger partial charge in [-0.05, 0) is 67.9 Å². The number of carbonyl (C=O) groups is 1. The first kappa shape index (κ1) is 24.8. The lowest BCUT2D eigenvalue weighted by molar-refractivity contribution is 0.193. The summed E-state index contributed by atoms with van der Waals surface area (Å²) in [4.78, 5) is 14.3. The molecular formula is C23H21Cl2FN2O4S. The smallest absolute Gasteiger partial charge is 0.339 e. The summed E-state index contributed by atoms with van der Waals surface area (Å²) in [5.74, 6) is -0.490. The van der Waals surface area contributed by atoms with E-state index in [1.54, 1.807) is 30.3 Å². The lowest BCUT2D eigenvalue weighted by Crippen LogP contribution is -2.39. The maximum atomic E-state index is 13.1. The van der Waals surface area contributed by atoms with Gasteiger partial charge in [-0.1, -0.05) is 41.4 Å². The number of nitrogens with zero attached hydrogens (tertiary/aromatic N) is 1. The number of rotatable bonds is 7. The minimum absolute atomic E-state index is 0.0649. The largest absolute Gasteiger partial charge is 0.379 e. The minimum atomic E-state index is -4.15. The Labute approximate surface area is 202 Å². The van der Waals surface area contributed by atoms with E-state index in [1.807, 2.05) is 13.8 Å². The fourth-order valence-corrected chi connectivity index (χ4v) is 4.37. The maximum Gasteiger partial charge on any atom is 0.339 e. The van der Waals surface area contributed by atoms with Crippen molar-refractivity contribution >= 4 is 45.0 Å². The fourth-order valence-electron chi connectivity index (χ4n) is 2.95. The Kier molecular flexibility index (Phi) is 7.84. The Morgan fingerprint density at radius 2 is 1.64 bits per heavy atom. The summed E-state index contributed by atoms with van der Waals surface area (Å²) in [5.41, 5.74) is 0.940. The molecule has 3 aromatic rings. The second-order valence-electron chi connectivity index (χ2n) is 7.39. The molecule has 0 aliphatic carbocycles. The zero-order valence-corrected chi connectivity index (χ0v) is 20.1. The molecule has 0 saturated carbocycles. The minimum Gasteiger partial charge on any atom is -0.379 e. The molecule has 0 unspecified atom stereocenters. The average Bonchev–Trinajstić information content (AvgIpc) is 2.74. The highest BCUT2D eigenvalue weighted by Gasteiger charge is 2.21. The van der Waals surface area contributed by atoms with Gasteiger partial charge in [-0.25, -0.2) is 9.18 Å². The van der Waals surface area contributed by atoms with Gasteiger partial charge in [0.05, 0.1) is 15.7 Å². The van der Waals surface area contributed by atoms with Crippen molar-refractivity contribution in [3.05, 3.63) is 88.2 Å². The molecule has 3 rings (SSSR count). The van der Waals surface area contributed by atoms with E-state index in [0.29, 0.717) is 21.3 Å². The summed E-state index contributed by atoms with van der Waals surface area (Å²) < 4.78 is 43.3. The number of halogens is 3. The monoisotopic (exact) mass is 510 g/mol. The van der Waals surface area contributed by atoms with Crippen LogP contribution in [0.3, 0.4) is 0 Å². The number of para-hydroxylation sites is 1. The van der Waals surface area contributed by atoms with Crippen molar-refractivity contribution in [2.75, 3.05) is 5.32 Å². The number of nitrogens with one attached hydrogen (secondary N) is 1. The molecular weight excluding hydrogens is 490 g/mol. The highest BCUT2D eigenvalue weighted by atomic mass is 35.5. The third-order valence-electron chi connectivity index (χ3n) is 4.64. The van der Waals surface area contributed by atoms with Crippen molar-refractivity contribution < 1.29 is 21.8 Å². The van der Waals surface area contributed by atoms with Crippen LogP contribution in [0.15, 0.2) is 71.6 Å². The average molecular weight is 511 g/mol. The first-order valence-electron chi connectivity index (χ1n) is 9.87. The third kappa shape index (κ3) is 6.37. The number of amides is 2. The summed E-state index contributed by atoms with van der Waals surface area (Å²) in [6.07, 6.45) is 0. The number of hydrogen-bond donors (Lipinski definition) is 1. The van der Waals surface area contributed by atoms with E-state index in [4.69, 9.17) is 27.4 Å². The Balaban J connectivity index is 1.78. The summed E-state index contributed by atoms with van der Waals surface area (Å²) in [7, 11) is -4.15. The number of hydrogen-bond acceptors (Lipinski definition) is 4. The quantitative estimate of drug-likeness (QED) is 0.376. The molecule has 0 atom stereocenters. The van der Waals surface area contributed by atoms with Crippen molar-refractivity contribution in [3.8, 4) is 5.75 Å². The summed E-state index contributed by atoms with van der Waals surface area (Å²) in [5, 5.41) is 3.34. The molecule has 2 amide bonds. The van der Waals surface area contributed by atoms with E-state index in [0.717, 1.165) is 24.3 Å². The first-order chi connectivity index (χ1) is 15.6. The van der Waals surface area contributed by atoms with Crippen LogP contribution in [-0.2, 0) is 16.7 Å². The van der Waals surface area contributed by atoms with Gasteiger partial charge in [0.25, 0.3) is 0 Å². The van der Waals surface area contributed by atoms with E-state index in [1.165, 1.54) is 17.0 Å². The third-order valence-corrected chi connectivity index (χ3v) is 6.53. The van der Waals surface area contributed by atoms with E-state index >= 15 is 0 Å². The predicted octanol–water partition coefficient (Wildman–Crippen LogP) is 6.34. The van der Waals surface area contributed by atoms with Gasteiger partial charge in [-0.2, -0.15) is 8.42 Å². The van der Waals surface area contributed by atoms with Crippen LogP contribution in [0.5, 0.6) is 5.75 Å². The molecule has 0 saturated heterocycles. The molecule has 6 nitrogen and oxygen atoms in total. The van der Waals surface area contributed by atoms with Crippen molar-refractivity contribution in [3.63, 3.8) is 0 Å². The molecule has 174 valence electrons. The normalized spacial score (nSPS) is 11.3. The van der Waals surface area contributed by atoms with Crippen LogP contribution in [0.4, 0.5) is 14.9 Å². The van der Waals surface area contributed by atoms with Crippen LogP contribution in [0.1, 0.15) is 19.4 Å². The van der Waals surface area contributed by atoms with E-state index in [9.17, 15) is 17.6 Å². The molecule has 0 bridgehead atoms. The molecule has 0 radical (unpaired) electrons. The Morgan fingerprint density at radius 3 is 2.24 bits per heavy atom. The van der Waals surface area contributed by atoms with Crippen LogP contribution in [0.2, 0.25) is 10.0 Å². The zero-order valence-electron chi connectivity index (χ0n) is 17.8. The van der Waals surface area contributed by atoms with Gasteiger partial charge in [0.1, 0.15) is 16.5 Å². The molecule has 10 heteroatoms. The van der Waals surface area contributed by atoms with E-state index in [-0.39, 0.29) is 23.2 Å². The Bertz CT molecular complexity index is 1230. The fraction of sp³-hybridized carbons (Fsp3) is 0.174. The Morgan fingerprint density at radius 1 is 1.03 bits per heavy atom. The van der Waals surface area contributed by atoms with Crippen LogP contribution in [0, 0.1) is 5.82 Å². The molecule has 33 heavy (non-hydrogen) atoms. The zero-order chi connectivity index (χ0) is 24.2. The van der Waals surface area contributed by atoms with Gasteiger partial charge < -0.3 is 14.4 Å². The lowest BCUT2D eigenvalue weighted by Gasteiger charge is -2.27. The van der Waals surface area contributed by atoms with Crippen molar-refractivity contribution in [1.82, 2.24) is 4.90 Å². The SMILES string of the molecule is CC(C)N(Cc1cccc(OS(=O)(=O)c2ccc(F)cc2)c1)C(=O)Nc1c(Cl)cccc1Cl. The predicted molar refractivity (Wildman–Crippen MR) is 127 cm³/mol. The molecule has 0 aromatic heterocycles. The van der Waals surface area contributed by atoms with Crippen molar-refractivity contribution in [2.45, 2.75) is 31.3 Å². The number of anilines is 1. The van der Waals surface area contributed by atoms with Crippen molar-refractivity contribution in [1.29, 1.82) is 0 Å². The first-order valence-corrected chi connectivity index (χ1v) is 12.0. The highest BCUT2D eigenvalue weighted by Crippen LogP contribution is 2.30. The van der Waals surface area contributed by atoms with Crippen LogP contribution >= 0.6 is 23.2 Å². The maximum absolute atomic E-state index is 13.1. The standard InChI is InChI=1S/C23H21Cl2FN2O4S/c1-15(2)28(23(29)27-22-20(24)7-4-8-21(22)25)14-16-5-3-6-18(13-16)32-33(30,31)19-11-9-17(26)10-12-19/h3-13,15H,14H2,1-2H3,(H,27,29). The molecule has 0 fully saturated rings. The van der Waals surface area contributed by atoms with Gasteiger partial charge >= 0.3 is 16.1 Å². The second kappa shape index (κ2) is 10.4. The lowest BCUT2D eigenvalue weighted by atomic mass is 10.2. The van der Waals surface area contributed by atoms with Crippen LogP contribution in [-0.4, -0.2) is 25.4 Å². The topological polar surface area (TPSA) is 75.7 Å². The van der Waals surface area contributed by atoms with E-state index in [2.05, 4.69) is 5.32 Å². The summed E-state index contributed by atoms with van der Waals surface area (Å²) in [6.45, 7) is 3.85. The molecule has 1 N–H and O–H groups in total. The van der Waals surface area contributed by atoms with Gasteiger partial charge in [0.15, 0.2) is 0 Å². The van der Waals surface area contributed by atoms with E-state index < -0.39 is 22.0 Å². The number of benzene rings is 3. The molecule has 0 aliphatic heterocycles. The van der Waals surface area contributed by atoms with Crippen molar-refractivity contribution in [2.24, 2.45) is 0 Å². The summed E-state index contributed by atoms with van der Waals surface area (Å²) >= 11 is 12.3. The molecule has 0 aliphatic rings. The van der Waals surface area contributed by atoms with Crippen LogP contribution < -0.4 is 9.50 Å². The van der Waals surface area contributed by atoms with Crippen LogP contribution in [0.25, 0.3) is 0 Å². The van der Waals surface area contributed by atoms with Gasteiger partial charge in [0, 0.05) is 12.6 Å². The molecule has 0 spiro atoms. The molecule has 3 aromatic carbocycles. The van der Waals surface area contributed by atoms with Gasteiger partial charge in [0.2, 0.25) is 0 Å². The number of urea groups is 1. The number of carbonyl (C=O) groups excluding carboxylic acids is 1. The highest BCUT2D eigenvalue weighted by molar-refractivity contribution is 7.87. The second-order valence-corrected chi connectivity index (χ2v) is 9.75. The summed E-state index contributed by atoms with van der Waals surface area (Å²) in [6, 6.07) is 15.0. The Hall–Kier alpha value is -2.81. The molecule has 0 heterocycles. The van der Waals surface area contributed by atoms with Gasteiger partial charge in [-0.15, -0.1) is 0 Å². The van der Waals surface area contributed by atoms with Gasteiger partial charge in [-0.3, -0.25) is 0 Å².